The number of H-pyrrole nitrogens is 1. The minimum Gasteiger partial charge on any atom is -0.476 e. The number of aromatic carboxylic acids is 1. The second kappa shape index (κ2) is 7.95. The first-order valence-electron chi connectivity index (χ1n) is 9.20. The number of halogens is 1. The number of ether oxygens (including phenoxy) is 1. The zero-order chi connectivity index (χ0) is 21.4. The maximum atomic E-state index is 13.6. The van der Waals surface area contributed by atoms with Gasteiger partial charge in [0.25, 0.3) is 0 Å². The second-order valence-electron chi connectivity index (χ2n) is 6.89. The predicted octanol–water partition coefficient (Wildman–Crippen LogP) is 1.62. The Kier molecular flexibility index (Phi) is 5.49. The van der Waals surface area contributed by atoms with E-state index >= 15 is 0 Å². The van der Waals surface area contributed by atoms with Crippen LogP contribution in [-0.4, -0.2) is 70.8 Å². The quantitative estimate of drug-likeness (QED) is 0.663. The Hall–Kier alpha value is -2.53. The molecule has 1 saturated heterocycles. The number of carboxylic acids is 1. The van der Waals surface area contributed by atoms with Crippen molar-refractivity contribution in [1.82, 2.24) is 19.7 Å². The van der Waals surface area contributed by atoms with Gasteiger partial charge in [0.1, 0.15) is 15.8 Å². The monoisotopic (exact) mass is 450 g/mol. The second-order valence-corrected chi connectivity index (χ2v) is 9.57. The van der Waals surface area contributed by atoms with Crippen LogP contribution in [0.25, 0.3) is 5.57 Å². The number of morpholine rings is 1. The molecule has 1 aliphatic carbocycles. The van der Waals surface area contributed by atoms with Gasteiger partial charge in [-0.3, -0.25) is 0 Å². The summed E-state index contributed by atoms with van der Waals surface area (Å²) in [5.74, 6) is -1.35. The molecular formula is C19H19ClN4O5S. The number of nitrogens with one attached hydrogen (secondary N) is 1. The number of aromatic nitrogens is 3. The van der Waals surface area contributed by atoms with E-state index in [2.05, 4.69) is 15.4 Å². The number of carbonyl (C=O) groups is 1. The normalized spacial score (nSPS) is 25.1. The van der Waals surface area contributed by atoms with Gasteiger partial charge < -0.3 is 9.84 Å². The van der Waals surface area contributed by atoms with Crippen molar-refractivity contribution in [1.29, 1.82) is 0 Å². The molecule has 2 atom stereocenters. The van der Waals surface area contributed by atoms with Crippen molar-refractivity contribution in [3.63, 3.8) is 0 Å². The van der Waals surface area contributed by atoms with Crippen LogP contribution in [0, 0.1) is 0 Å². The number of benzene rings is 1. The molecule has 0 amide bonds. The van der Waals surface area contributed by atoms with Gasteiger partial charge in [0.15, 0.2) is 5.69 Å². The summed E-state index contributed by atoms with van der Waals surface area (Å²) in [6.45, 7) is 0.927. The Morgan fingerprint density at radius 2 is 1.93 bits per heavy atom. The molecule has 11 heteroatoms. The van der Waals surface area contributed by atoms with E-state index in [1.165, 1.54) is 10.4 Å². The molecule has 2 heterocycles. The SMILES string of the molecule is O=C(O)c1n[nH]nc1C1(Cl)C=CC(c2ccccc2)=CC1S(=O)(=O)N1CCOCC1. The fraction of sp³-hybridized carbons (Fsp3) is 0.316. The highest BCUT2D eigenvalue weighted by Gasteiger charge is 2.51. The molecule has 1 fully saturated rings. The van der Waals surface area contributed by atoms with Crippen LogP contribution in [-0.2, 0) is 19.6 Å². The maximum Gasteiger partial charge on any atom is 0.358 e. The van der Waals surface area contributed by atoms with Crippen LogP contribution in [0.2, 0.25) is 0 Å². The summed E-state index contributed by atoms with van der Waals surface area (Å²) in [5, 5.41) is 18.0. The van der Waals surface area contributed by atoms with E-state index < -0.39 is 31.8 Å². The van der Waals surface area contributed by atoms with E-state index in [4.69, 9.17) is 16.3 Å². The molecule has 0 spiro atoms. The number of carboxylic acid groups (broad SMARTS) is 1. The first-order valence-corrected chi connectivity index (χ1v) is 11.1. The van der Waals surface area contributed by atoms with Crippen molar-refractivity contribution in [3.8, 4) is 0 Å². The molecule has 2 N–H and O–H groups in total. The fourth-order valence-electron chi connectivity index (χ4n) is 3.59. The molecule has 1 aliphatic heterocycles. The Morgan fingerprint density at radius 1 is 1.23 bits per heavy atom. The molecule has 0 radical (unpaired) electrons. The average molecular weight is 451 g/mol. The number of hydrogen-bond acceptors (Lipinski definition) is 6. The summed E-state index contributed by atoms with van der Waals surface area (Å²) in [4.78, 5) is 9.86. The lowest BCUT2D eigenvalue weighted by Gasteiger charge is -2.37. The van der Waals surface area contributed by atoms with Gasteiger partial charge in [-0.05, 0) is 11.1 Å². The minimum absolute atomic E-state index is 0.155. The van der Waals surface area contributed by atoms with Gasteiger partial charge >= 0.3 is 5.97 Å². The van der Waals surface area contributed by atoms with Crippen LogP contribution < -0.4 is 0 Å². The third-order valence-electron chi connectivity index (χ3n) is 5.12. The zero-order valence-corrected chi connectivity index (χ0v) is 17.3. The highest BCUT2D eigenvalue weighted by Crippen LogP contribution is 2.44. The molecular weight excluding hydrogens is 432 g/mol. The van der Waals surface area contributed by atoms with E-state index in [9.17, 15) is 18.3 Å². The van der Waals surface area contributed by atoms with Crippen LogP contribution in [0.5, 0.6) is 0 Å². The largest absolute Gasteiger partial charge is 0.476 e. The van der Waals surface area contributed by atoms with Crippen molar-refractivity contribution in [2.45, 2.75) is 10.1 Å². The van der Waals surface area contributed by atoms with Gasteiger partial charge in [-0.2, -0.15) is 14.6 Å². The van der Waals surface area contributed by atoms with Gasteiger partial charge in [-0.25, -0.2) is 13.2 Å². The molecule has 0 saturated carbocycles. The zero-order valence-electron chi connectivity index (χ0n) is 15.7. The van der Waals surface area contributed by atoms with Crippen LogP contribution >= 0.6 is 11.6 Å². The average Bonchev–Trinajstić information content (AvgIpc) is 3.26. The molecule has 1 aromatic carbocycles. The van der Waals surface area contributed by atoms with Crippen molar-refractivity contribution >= 4 is 33.2 Å². The summed E-state index contributed by atoms with van der Waals surface area (Å²) in [6.07, 6.45) is 4.70. The van der Waals surface area contributed by atoms with Crippen LogP contribution in [0.3, 0.4) is 0 Å². The highest BCUT2D eigenvalue weighted by molar-refractivity contribution is 7.90. The Labute approximate surface area is 178 Å². The molecule has 158 valence electrons. The van der Waals surface area contributed by atoms with E-state index in [1.54, 1.807) is 12.2 Å². The number of alkyl halides is 1. The van der Waals surface area contributed by atoms with Crippen LogP contribution in [0.15, 0.2) is 48.6 Å². The van der Waals surface area contributed by atoms with Gasteiger partial charge in [-0.15, -0.1) is 16.7 Å². The van der Waals surface area contributed by atoms with Crippen molar-refractivity contribution in [3.05, 3.63) is 65.5 Å². The molecule has 2 unspecified atom stereocenters. The summed E-state index contributed by atoms with van der Waals surface area (Å²) in [6, 6.07) is 9.26. The molecule has 1 aromatic heterocycles. The first kappa shape index (κ1) is 20.7. The minimum atomic E-state index is -3.98. The van der Waals surface area contributed by atoms with E-state index in [0.717, 1.165) is 5.56 Å². The Balaban J connectivity index is 1.86. The van der Waals surface area contributed by atoms with Gasteiger partial charge in [0, 0.05) is 13.1 Å². The number of hydrogen-bond donors (Lipinski definition) is 2. The van der Waals surface area contributed by atoms with Crippen molar-refractivity contribution < 1.29 is 23.1 Å². The maximum absolute atomic E-state index is 13.6. The predicted molar refractivity (Wildman–Crippen MR) is 110 cm³/mol. The summed E-state index contributed by atoms with van der Waals surface area (Å²) in [7, 11) is -3.98. The van der Waals surface area contributed by atoms with Crippen molar-refractivity contribution in [2.75, 3.05) is 26.3 Å². The van der Waals surface area contributed by atoms with Gasteiger partial charge in [0.2, 0.25) is 10.0 Å². The fourth-order valence-corrected chi connectivity index (χ4v) is 6.11. The van der Waals surface area contributed by atoms with E-state index in [-0.39, 0.29) is 32.0 Å². The Morgan fingerprint density at radius 3 is 2.60 bits per heavy atom. The molecule has 30 heavy (non-hydrogen) atoms. The molecule has 9 nitrogen and oxygen atoms in total. The molecule has 2 aliphatic rings. The van der Waals surface area contributed by atoms with Gasteiger partial charge in [0.05, 0.1) is 13.2 Å². The molecule has 4 rings (SSSR count). The third-order valence-corrected chi connectivity index (χ3v) is 8.03. The summed E-state index contributed by atoms with van der Waals surface area (Å²) < 4.78 is 33.8. The number of allylic oxidation sites excluding steroid dienone is 3. The van der Waals surface area contributed by atoms with Crippen LogP contribution in [0.1, 0.15) is 21.7 Å². The molecule has 0 bridgehead atoms. The first-order chi connectivity index (χ1) is 14.3. The summed E-state index contributed by atoms with van der Waals surface area (Å²) in [5.41, 5.74) is 0.897. The van der Waals surface area contributed by atoms with Crippen molar-refractivity contribution in [2.24, 2.45) is 0 Å². The smallest absolute Gasteiger partial charge is 0.358 e. The lowest BCUT2D eigenvalue weighted by molar-refractivity contribution is 0.0688. The van der Waals surface area contributed by atoms with Gasteiger partial charge in [-0.1, -0.05) is 48.6 Å². The van der Waals surface area contributed by atoms with E-state index in [0.29, 0.717) is 5.57 Å². The number of aromatic amines is 1. The lowest BCUT2D eigenvalue weighted by atomic mass is 9.89. The lowest BCUT2D eigenvalue weighted by Crippen LogP contribution is -2.50. The third kappa shape index (κ3) is 3.56. The van der Waals surface area contributed by atoms with Crippen LogP contribution in [0.4, 0.5) is 0 Å². The highest BCUT2D eigenvalue weighted by atomic mass is 35.5. The molecule has 2 aromatic rings. The number of sulfonamides is 1. The number of nitrogens with zero attached hydrogens (tertiary/aromatic N) is 3. The van der Waals surface area contributed by atoms with E-state index in [1.807, 2.05) is 30.3 Å². The topological polar surface area (TPSA) is 125 Å². The standard InChI is InChI=1S/C19H19ClN4O5S/c20-19(17-16(18(25)26)21-23-22-17)7-6-14(13-4-2-1-3-5-13)12-15(19)30(27,28)24-8-10-29-11-9-24/h1-7,12,15H,8-11H2,(H,25,26)(H,21,22,23). The summed E-state index contributed by atoms with van der Waals surface area (Å²) >= 11 is 6.86. The number of rotatable bonds is 5. The Bertz CT molecular complexity index is 1110.